The number of fused-ring (bicyclic) bond motifs is 5. The zero-order valence-electron chi connectivity index (χ0n) is 19.7. The van der Waals surface area contributed by atoms with Crippen molar-refractivity contribution >= 4 is 0 Å². The van der Waals surface area contributed by atoms with Crippen LogP contribution in [0.15, 0.2) is 0 Å². The van der Waals surface area contributed by atoms with Crippen LogP contribution in [-0.2, 0) is 4.74 Å². The summed E-state index contributed by atoms with van der Waals surface area (Å²) in [4.78, 5) is 0. The lowest BCUT2D eigenvalue weighted by Crippen LogP contribution is -2.62. The minimum absolute atomic E-state index is 0.180. The second-order valence-electron chi connectivity index (χ2n) is 13.4. The first-order valence-corrected chi connectivity index (χ1v) is 12.7. The molecule has 1 heterocycles. The molecular weight excluding hydrogens is 340 g/mol. The van der Waals surface area contributed by atoms with Crippen molar-refractivity contribution in [3.63, 3.8) is 0 Å². The Morgan fingerprint density at radius 3 is 2.07 bits per heavy atom. The van der Waals surface area contributed by atoms with Crippen molar-refractivity contribution in [2.24, 2.45) is 45.3 Å². The van der Waals surface area contributed by atoms with Gasteiger partial charge in [0.15, 0.2) is 0 Å². The largest absolute Gasteiger partial charge is 0.375 e. The maximum Gasteiger partial charge on any atom is 0.0686 e. The lowest BCUT2D eigenvalue weighted by atomic mass is 9.35. The van der Waals surface area contributed by atoms with E-state index in [1.807, 2.05) is 0 Å². The molecule has 5 aliphatic rings. The smallest absolute Gasteiger partial charge is 0.0686 e. The highest BCUT2D eigenvalue weighted by molar-refractivity contribution is 5.17. The molecule has 0 N–H and O–H groups in total. The molecule has 0 aromatic carbocycles. The highest BCUT2D eigenvalue weighted by Gasteiger charge is 2.68. The average molecular weight is 387 g/mol. The van der Waals surface area contributed by atoms with Crippen LogP contribution in [-0.4, -0.2) is 12.2 Å². The van der Waals surface area contributed by atoms with Crippen molar-refractivity contribution in [3.8, 4) is 0 Å². The summed E-state index contributed by atoms with van der Waals surface area (Å²) in [6.07, 6.45) is 15.8. The summed E-state index contributed by atoms with van der Waals surface area (Å²) in [6.45, 7) is 16.9. The Kier molecular flexibility index (Phi) is 4.27. The highest BCUT2D eigenvalue weighted by Crippen LogP contribution is 2.76. The van der Waals surface area contributed by atoms with Crippen molar-refractivity contribution in [3.05, 3.63) is 0 Å². The minimum atomic E-state index is 0.180. The normalized spacial score (nSPS) is 58.1. The topological polar surface area (TPSA) is 9.23 Å². The Morgan fingerprint density at radius 1 is 0.607 bits per heavy atom. The fourth-order valence-corrected chi connectivity index (χ4v) is 10.7. The zero-order valence-corrected chi connectivity index (χ0v) is 19.7. The van der Waals surface area contributed by atoms with E-state index in [1.54, 1.807) is 0 Å². The molecule has 5 rings (SSSR count). The van der Waals surface area contributed by atoms with Crippen molar-refractivity contribution in [1.29, 1.82) is 0 Å². The van der Waals surface area contributed by atoms with Crippen LogP contribution in [0.1, 0.15) is 112 Å². The van der Waals surface area contributed by atoms with E-state index in [0.717, 1.165) is 30.3 Å². The molecule has 5 fully saturated rings. The summed E-state index contributed by atoms with van der Waals surface area (Å²) >= 11 is 0. The molecule has 4 aliphatic carbocycles. The lowest BCUT2D eigenvalue weighted by molar-refractivity contribution is -0.208. The molecule has 0 aromatic heterocycles. The van der Waals surface area contributed by atoms with E-state index in [-0.39, 0.29) is 5.60 Å². The molecule has 8 atom stereocenters. The predicted octanol–water partition coefficient (Wildman–Crippen LogP) is 7.63. The molecule has 160 valence electrons. The van der Waals surface area contributed by atoms with Crippen LogP contribution < -0.4 is 0 Å². The summed E-state index contributed by atoms with van der Waals surface area (Å²) in [7, 11) is 0. The number of rotatable bonds is 1. The molecule has 0 radical (unpaired) electrons. The molecule has 0 bridgehead atoms. The van der Waals surface area contributed by atoms with Gasteiger partial charge in [-0.1, -0.05) is 41.0 Å². The monoisotopic (exact) mass is 386 g/mol. The molecule has 1 heteroatoms. The zero-order chi connectivity index (χ0) is 20.0. The van der Waals surface area contributed by atoms with Crippen LogP contribution in [0.4, 0.5) is 0 Å². The van der Waals surface area contributed by atoms with Gasteiger partial charge in [0.05, 0.1) is 5.60 Å². The third kappa shape index (κ3) is 2.35. The quantitative estimate of drug-likeness (QED) is 0.450. The van der Waals surface area contributed by atoms with E-state index in [2.05, 4.69) is 41.5 Å². The molecule has 0 amide bonds. The number of hydrogen-bond donors (Lipinski definition) is 0. The van der Waals surface area contributed by atoms with Gasteiger partial charge in [0.25, 0.3) is 0 Å². The summed E-state index contributed by atoms with van der Waals surface area (Å²) in [5, 5.41) is 0. The van der Waals surface area contributed by atoms with Gasteiger partial charge in [0.2, 0.25) is 0 Å². The van der Waals surface area contributed by atoms with Gasteiger partial charge in [-0.05, 0) is 116 Å². The Bertz CT molecular complexity index is 630. The Hall–Kier alpha value is -0.0400. The van der Waals surface area contributed by atoms with Gasteiger partial charge in [-0.2, -0.15) is 0 Å². The van der Waals surface area contributed by atoms with Crippen molar-refractivity contribution in [2.45, 2.75) is 118 Å². The predicted molar refractivity (Wildman–Crippen MR) is 117 cm³/mol. The van der Waals surface area contributed by atoms with Crippen LogP contribution in [0.2, 0.25) is 0 Å². The molecule has 1 saturated heterocycles. The van der Waals surface area contributed by atoms with E-state index >= 15 is 0 Å². The molecule has 0 spiro atoms. The maximum atomic E-state index is 6.42. The fourth-order valence-electron chi connectivity index (χ4n) is 10.7. The summed E-state index contributed by atoms with van der Waals surface area (Å²) < 4.78 is 6.42. The molecular formula is C27H46O. The minimum Gasteiger partial charge on any atom is -0.375 e. The standard InChI is InChI=1S/C27H46O/c1-23(2)13-7-14-24(3)21(23)12-17-26(5)22(24)10-9-19-20(11-16-25(19,26)4)27(6)15-8-18-28-27/h19-22H,7-18H2,1-6H3/t19-,20-,21+,22-,24+,25-,26-,27-/m1/s1. The average Bonchev–Trinajstić information content (AvgIpc) is 3.19. The van der Waals surface area contributed by atoms with E-state index < -0.39 is 0 Å². The third-order valence-electron chi connectivity index (χ3n) is 12.2. The van der Waals surface area contributed by atoms with Crippen molar-refractivity contribution < 1.29 is 4.74 Å². The lowest BCUT2D eigenvalue weighted by Gasteiger charge is -2.69. The number of hydrogen-bond acceptors (Lipinski definition) is 1. The molecule has 1 aliphatic heterocycles. The van der Waals surface area contributed by atoms with Gasteiger partial charge in [0, 0.05) is 6.61 Å². The Morgan fingerprint density at radius 2 is 1.36 bits per heavy atom. The van der Waals surface area contributed by atoms with Gasteiger partial charge in [-0.25, -0.2) is 0 Å². The van der Waals surface area contributed by atoms with Crippen molar-refractivity contribution in [2.75, 3.05) is 6.61 Å². The fraction of sp³-hybridized carbons (Fsp3) is 1.00. The van der Waals surface area contributed by atoms with Gasteiger partial charge >= 0.3 is 0 Å². The van der Waals surface area contributed by atoms with Gasteiger partial charge in [0.1, 0.15) is 0 Å². The van der Waals surface area contributed by atoms with E-state index in [0.29, 0.717) is 21.7 Å². The summed E-state index contributed by atoms with van der Waals surface area (Å²) in [6, 6.07) is 0. The van der Waals surface area contributed by atoms with Crippen LogP contribution in [0.5, 0.6) is 0 Å². The van der Waals surface area contributed by atoms with Gasteiger partial charge in [-0.15, -0.1) is 0 Å². The first kappa shape index (κ1) is 19.9. The van der Waals surface area contributed by atoms with E-state index in [4.69, 9.17) is 4.74 Å². The van der Waals surface area contributed by atoms with Gasteiger partial charge in [-0.3, -0.25) is 0 Å². The summed E-state index contributed by atoms with van der Waals surface area (Å²) in [5.74, 6) is 3.59. The van der Waals surface area contributed by atoms with Crippen LogP contribution in [0.3, 0.4) is 0 Å². The SMILES string of the molecule is CC1(C)CCC[C@]2(C)[C@H]3CC[C@@H]4[C@H]([C@@]5(C)CCCO5)CC[C@@]4(C)[C@]3(C)CC[C@@H]12. The third-order valence-corrected chi connectivity index (χ3v) is 12.2. The highest BCUT2D eigenvalue weighted by atomic mass is 16.5. The van der Waals surface area contributed by atoms with Crippen LogP contribution >= 0.6 is 0 Å². The first-order valence-electron chi connectivity index (χ1n) is 12.7. The van der Waals surface area contributed by atoms with E-state index in [1.165, 1.54) is 70.6 Å². The molecule has 1 nitrogen and oxygen atoms in total. The molecule has 28 heavy (non-hydrogen) atoms. The maximum absolute atomic E-state index is 6.42. The van der Waals surface area contributed by atoms with Crippen molar-refractivity contribution in [1.82, 2.24) is 0 Å². The molecule has 4 saturated carbocycles. The van der Waals surface area contributed by atoms with Crippen LogP contribution in [0.25, 0.3) is 0 Å². The number of ether oxygens (including phenoxy) is 1. The molecule has 0 unspecified atom stereocenters. The molecule has 0 aromatic rings. The van der Waals surface area contributed by atoms with Crippen LogP contribution in [0, 0.1) is 45.3 Å². The van der Waals surface area contributed by atoms with Gasteiger partial charge < -0.3 is 4.74 Å². The first-order chi connectivity index (χ1) is 13.1. The second kappa shape index (κ2) is 6.02. The Balaban J connectivity index is 1.50. The second-order valence-corrected chi connectivity index (χ2v) is 13.4. The van der Waals surface area contributed by atoms with E-state index in [9.17, 15) is 0 Å². The summed E-state index contributed by atoms with van der Waals surface area (Å²) in [5.41, 5.74) is 2.38. The Labute approximate surface area is 174 Å².